The van der Waals surface area contributed by atoms with Crippen LogP contribution in [0.5, 0.6) is 0 Å². The molecule has 126 valence electrons. The van der Waals surface area contributed by atoms with E-state index in [2.05, 4.69) is 9.71 Å². The van der Waals surface area contributed by atoms with Crippen molar-refractivity contribution < 1.29 is 8.42 Å². The Balaban J connectivity index is 1.78. The lowest BCUT2D eigenvalue weighted by Crippen LogP contribution is -2.28. The third-order valence-electron chi connectivity index (χ3n) is 4.11. The molecule has 24 heavy (non-hydrogen) atoms. The second kappa shape index (κ2) is 6.37. The maximum atomic E-state index is 12.5. The van der Waals surface area contributed by atoms with Crippen molar-refractivity contribution in [2.24, 2.45) is 0 Å². The van der Waals surface area contributed by atoms with Crippen molar-refractivity contribution in [2.45, 2.75) is 32.2 Å². The number of aromatic nitrogens is 2. The lowest BCUT2D eigenvalue weighted by molar-refractivity contribution is 0.572. The lowest BCUT2D eigenvalue weighted by atomic mass is 10.2. The van der Waals surface area contributed by atoms with Crippen molar-refractivity contribution in [3.05, 3.63) is 59.4 Å². The van der Waals surface area contributed by atoms with Gasteiger partial charge in [-0.3, -0.25) is 0 Å². The minimum Gasteiger partial charge on any atom is -0.327 e. The normalized spacial score (nSPS) is 12.0. The van der Waals surface area contributed by atoms with E-state index in [4.69, 9.17) is 0 Å². The molecule has 0 spiro atoms. The molecule has 0 aliphatic carbocycles. The number of hydrogen-bond donors (Lipinski definition) is 1. The van der Waals surface area contributed by atoms with Gasteiger partial charge in [0.1, 0.15) is 5.82 Å². The highest BCUT2D eigenvalue weighted by Gasteiger charge is 2.16. The summed E-state index contributed by atoms with van der Waals surface area (Å²) in [6.45, 7) is 6.48. The van der Waals surface area contributed by atoms with E-state index in [1.807, 2.05) is 61.7 Å². The summed E-state index contributed by atoms with van der Waals surface area (Å²) in [5, 5.41) is 0. The van der Waals surface area contributed by atoms with Crippen molar-refractivity contribution >= 4 is 21.1 Å². The van der Waals surface area contributed by atoms with Crippen molar-refractivity contribution in [1.29, 1.82) is 0 Å². The first kappa shape index (κ1) is 16.7. The maximum absolute atomic E-state index is 12.5. The van der Waals surface area contributed by atoms with Gasteiger partial charge in [-0.05, 0) is 50.1 Å². The Morgan fingerprint density at radius 2 is 1.83 bits per heavy atom. The third kappa shape index (κ3) is 3.20. The number of para-hydroxylation sites is 2. The number of benzene rings is 2. The predicted octanol–water partition coefficient (Wildman–Crippen LogP) is 2.94. The molecule has 5 nitrogen and oxygen atoms in total. The zero-order valence-corrected chi connectivity index (χ0v) is 14.9. The Bertz CT molecular complexity index is 991. The number of fused-ring (bicyclic) bond motifs is 1. The molecule has 3 rings (SSSR count). The lowest BCUT2D eigenvalue weighted by Gasteiger charge is -2.11. The van der Waals surface area contributed by atoms with Gasteiger partial charge >= 0.3 is 0 Å². The van der Waals surface area contributed by atoms with Crippen molar-refractivity contribution in [3.63, 3.8) is 0 Å². The highest BCUT2D eigenvalue weighted by molar-refractivity contribution is 7.89. The summed E-state index contributed by atoms with van der Waals surface area (Å²) in [6.07, 6.45) is 0. The molecule has 6 heteroatoms. The summed E-state index contributed by atoms with van der Waals surface area (Å²) in [5.74, 6) is 0.877. The van der Waals surface area contributed by atoms with Crippen LogP contribution in [-0.2, 0) is 16.6 Å². The van der Waals surface area contributed by atoms with Gasteiger partial charge in [0, 0.05) is 13.1 Å². The fourth-order valence-corrected chi connectivity index (χ4v) is 4.19. The zero-order chi connectivity index (χ0) is 17.3. The molecule has 0 saturated carbocycles. The van der Waals surface area contributed by atoms with E-state index >= 15 is 0 Å². The number of aryl methyl sites for hydroxylation is 3. The maximum Gasteiger partial charge on any atom is 0.240 e. The van der Waals surface area contributed by atoms with Crippen molar-refractivity contribution in [1.82, 2.24) is 14.3 Å². The minimum atomic E-state index is -3.52. The van der Waals surface area contributed by atoms with Crippen LogP contribution in [0.4, 0.5) is 0 Å². The SMILES string of the molecule is Cc1ccc(C)c(S(=O)(=O)NCCn2c(C)nc3ccccc32)c1. The summed E-state index contributed by atoms with van der Waals surface area (Å²) < 4.78 is 29.8. The minimum absolute atomic E-state index is 0.316. The Morgan fingerprint density at radius 3 is 2.62 bits per heavy atom. The first-order valence-electron chi connectivity index (χ1n) is 7.87. The predicted molar refractivity (Wildman–Crippen MR) is 95.6 cm³/mol. The van der Waals surface area contributed by atoms with Gasteiger partial charge < -0.3 is 4.57 Å². The number of imidazole rings is 1. The van der Waals surface area contributed by atoms with Gasteiger partial charge in [-0.25, -0.2) is 18.1 Å². The van der Waals surface area contributed by atoms with Crippen LogP contribution in [0.15, 0.2) is 47.4 Å². The van der Waals surface area contributed by atoms with Gasteiger partial charge in [-0.2, -0.15) is 0 Å². The number of rotatable bonds is 5. The summed E-state index contributed by atoms with van der Waals surface area (Å²) in [7, 11) is -3.52. The van der Waals surface area contributed by atoms with Crippen molar-refractivity contribution in [2.75, 3.05) is 6.54 Å². The van der Waals surface area contributed by atoms with Crippen LogP contribution in [0.3, 0.4) is 0 Å². The van der Waals surface area contributed by atoms with E-state index < -0.39 is 10.0 Å². The molecule has 0 saturated heterocycles. The van der Waals surface area contributed by atoms with Crippen LogP contribution in [0.25, 0.3) is 11.0 Å². The molecule has 0 fully saturated rings. The Kier molecular flexibility index (Phi) is 4.43. The standard InChI is InChI=1S/C18H21N3O2S/c1-13-8-9-14(2)18(12-13)24(22,23)19-10-11-21-15(3)20-16-6-4-5-7-17(16)21/h4-9,12,19H,10-11H2,1-3H3. The van der Waals surface area contributed by atoms with E-state index in [0.717, 1.165) is 28.0 Å². The molecule has 0 radical (unpaired) electrons. The number of nitrogens with zero attached hydrogens (tertiary/aromatic N) is 2. The quantitative estimate of drug-likeness (QED) is 0.775. The number of sulfonamides is 1. The van der Waals surface area contributed by atoms with Crippen LogP contribution in [0, 0.1) is 20.8 Å². The van der Waals surface area contributed by atoms with E-state index in [0.29, 0.717) is 18.0 Å². The summed E-state index contributed by atoms with van der Waals surface area (Å²) in [4.78, 5) is 4.84. The highest BCUT2D eigenvalue weighted by Crippen LogP contribution is 2.17. The average Bonchev–Trinajstić information content (AvgIpc) is 2.85. The molecule has 0 amide bonds. The highest BCUT2D eigenvalue weighted by atomic mass is 32.2. The summed E-state index contributed by atoms with van der Waals surface area (Å²) in [5.41, 5.74) is 3.61. The zero-order valence-electron chi connectivity index (χ0n) is 14.1. The Morgan fingerprint density at radius 1 is 1.08 bits per heavy atom. The molecule has 0 unspecified atom stereocenters. The van der Waals surface area contributed by atoms with Gasteiger partial charge in [0.25, 0.3) is 0 Å². The van der Waals surface area contributed by atoms with Crippen LogP contribution < -0.4 is 4.72 Å². The molecule has 2 aromatic carbocycles. The van der Waals surface area contributed by atoms with Gasteiger partial charge in [0.15, 0.2) is 0 Å². The van der Waals surface area contributed by atoms with E-state index in [1.165, 1.54) is 0 Å². The molecular formula is C18H21N3O2S. The van der Waals surface area contributed by atoms with E-state index in [1.54, 1.807) is 6.07 Å². The van der Waals surface area contributed by atoms with Gasteiger partial charge in [0.05, 0.1) is 15.9 Å². The Labute approximate surface area is 142 Å². The summed E-state index contributed by atoms with van der Waals surface area (Å²) >= 11 is 0. The van der Waals surface area contributed by atoms with Crippen molar-refractivity contribution in [3.8, 4) is 0 Å². The smallest absolute Gasteiger partial charge is 0.240 e. The first-order valence-corrected chi connectivity index (χ1v) is 9.35. The van der Waals surface area contributed by atoms with E-state index in [9.17, 15) is 8.42 Å². The van der Waals surface area contributed by atoms with Gasteiger partial charge in [0.2, 0.25) is 10.0 Å². The first-order chi connectivity index (χ1) is 11.4. The van der Waals surface area contributed by atoms with Crippen LogP contribution in [-0.4, -0.2) is 24.5 Å². The monoisotopic (exact) mass is 343 g/mol. The van der Waals surface area contributed by atoms with Gasteiger partial charge in [-0.1, -0.05) is 24.3 Å². The molecule has 3 aromatic rings. The second-order valence-corrected chi connectivity index (χ2v) is 7.70. The fourth-order valence-electron chi connectivity index (χ4n) is 2.84. The van der Waals surface area contributed by atoms with Crippen LogP contribution in [0.1, 0.15) is 17.0 Å². The molecule has 1 aromatic heterocycles. The van der Waals surface area contributed by atoms with Gasteiger partial charge in [-0.15, -0.1) is 0 Å². The molecule has 1 heterocycles. The van der Waals surface area contributed by atoms with Crippen LogP contribution >= 0.6 is 0 Å². The molecule has 0 bridgehead atoms. The second-order valence-electron chi connectivity index (χ2n) is 5.97. The fraction of sp³-hybridized carbons (Fsp3) is 0.278. The molecule has 0 aliphatic rings. The molecule has 0 atom stereocenters. The summed E-state index contributed by atoms with van der Waals surface area (Å²) in [6, 6.07) is 13.3. The average molecular weight is 343 g/mol. The molecule has 1 N–H and O–H groups in total. The number of hydrogen-bond acceptors (Lipinski definition) is 3. The largest absolute Gasteiger partial charge is 0.327 e. The Hall–Kier alpha value is -2.18. The molecule has 0 aliphatic heterocycles. The van der Waals surface area contributed by atoms with E-state index in [-0.39, 0.29) is 0 Å². The van der Waals surface area contributed by atoms with Crippen LogP contribution in [0.2, 0.25) is 0 Å². The topological polar surface area (TPSA) is 64.0 Å². The molecular weight excluding hydrogens is 322 g/mol. The number of nitrogens with one attached hydrogen (secondary N) is 1. The third-order valence-corrected chi connectivity index (χ3v) is 5.71.